The van der Waals surface area contributed by atoms with Crippen LogP contribution in [0.25, 0.3) is 0 Å². The van der Waals surface area contributed by atoms with Gasteiger partial charge in [0.1, 0.15) is 11.4 Å². The molecule has 0 fully saturated rings. The lowest BCUT2D eigenvalue weighted by atomic mass is 10.2. The third-order valence-corrected chi connectivity index (χ3v) is 4.06. The van der Waals surface area contributed by atoms with Crippen LogP contribution in [-0.2, 0) is 28.9 Å². The van der Waals surface area contributed by atoms with Gasteiger partial charge in [0.15, 0.2) is 9.84 Å². The molecule has 0 saturated heterocycles. The van der Waals surface area contributed by atoms with E-state index in [-0.39, 0.29) is 6.42 Å². The van der Waals surface area contributed by atoms with Crippen molar-refractivity contribution in [2.24, 2.45) is 0 Å². The fourth-order valence-corrected chi connectivity index (χ4v) is 2.18. The van der Waals surface area contributed by atoms with E-state index in [1.807, 2.05) is 0 Å². The molecule has 18 heavy (non-hydrogen) atoms. The van der Waals surface area contributed by atoms with Gasteiger partial charge in [-0.05, 0) is 27.7 Å². The fourth-order valence-electron chi connectivity index (χ4n) is 1.12. The van der Waals surface area contributed by atoms with Gasteiger partial charge in [-0.1, -0.05) is 0 Å². The summed E-state index contributed by atoms with van der Waals surface area (Å²) in [6, 6.07) is 0. The molecule has 0 aromatic rings. The van der Waals surface area contributed by atoms with Crippen molar-refractivity contribution in [2.45, 2.75) is 45.0 Å². The van der Waals surface area contributed by atoms with Crippen LogP contribution < -0.4 is 0 Å². The van der Waals surface area contributed by atoms with Gasteiger partial charge in [0.25, 0.3) is 0 Å². The van der Waals surface area contributed by atoms with Crippen molar-refractivity contribution in [3.05, 3.63) is 0 Å². The molecule has 7 heteroatoms. The standard InChI is InChI=1S/C11H20O6S/c1-8(6-9(12)16-5)18(14,15)7-10(13)17-11(2,3)4/h8H,6-7H2,1-5H3. The zero-order valence-electron chi connectivity index (χ0n) is 11.3. The monoisotopic (exact) mass is 280 g/mol. The number of esters is 2. The Bertz CT molecular complexity index is 404. The van der Waals surface area contributed by atoms with E-state index in [1.54, 1.807) is 20.8 Å². The number of hydrogen-bond acceptors (Lipinski definition) is 6. The largest absolute Gasteiger partial charge is 0.469 e. The van der Waals surface area contributed by atoms with E-state index in [0.29, 0.717) is 0 Å². The maximum absolute atomic E-state index is 11.8. The topological polar surface area (TPSA) is 86.7 Å². The maximum Gasteiger partial charge on any atom is 0.321 e. The molecule has 0 aromatic carbocycles. The summed E-state index contributed by atoms with van der Waals surface area (Å²) in [5, 5.41) is -0.975. The van der Waals surface area contributed by atoms with Gasteiger partial charge in [0.05, 0.1) is 18.8 Å². The predicted molar refractivity (Wildman–Crippen MR) is 65.7 cm³/mol. The van der Waals surface area contributed by atoms with Crippen LogP contribution in [-0.4, -0.2) is 44.1 Å². The van der Waals surface area contributed by atoms with Gasteiger partial charge >= 0.3 is 11.9 Å². The average molecular weight is 280 g/mol. The van der Waals surface area contributed by atoms with E-state index in [4.69, 9.17) is 4.74 Å². The molecule has 106 valence electrons. The van der Waals surface area contributed by atoms with Crippen LogP contribution in [0.15, 0.2) is 0 Å². The highest BCUT2D eigenvalue weighted by molar-refractivity contribution is 7.92. The second-order valence-electron chi connectivity index (χ2n) is 4.98. The first-order valence-electron chi connectivity index (χ1n) is 5.48. The van der Waals surface area contributed by atoms with Crippen LogP contribution >= 0.6 is 0 Å². The van der Waals surface area contributed by atoms with Crippen molar-refractivity contribution in [1.82, 2.24) is 0 Å². The van der Waals surface area contributed by atoms with Crippen molar-refractivity contribution in [1.29, 1.82) is 0 Å². The summed E-state index contributed by atoms with van der Waals surface area (Å²) in [6.45, 7) is 6.30. The van der Waals surface area contributed by atoms with E-state index in [0.717, 1.165) is 0 Å². The van der Waals surface area contributed by atoms with E-state index in [9.17, 15) is 18.0 Å². The summed E-state index contributed by atoms with van der Waals surface area (Å²) < 4.78 is 32.8. The van der Waals surface area contributed by atoms with Crippen molar-refractivity contribution in [3.8, 4) is 0 Å². The van der Waals surface area contributed by atoms with Gasteiger partial charge in [-0.25, -0.2) is 8.42 Å². The zero-order valence-corrected chi connectivity index (χ0v) is 12.2. The third kappa shape index (κ3) is 6.58. The summed E-state index contributed by atoms with van der Waals surface area (Å²) in [4.78, 5) is 22.4. The summed E-state index contributed by atoms with van der Waals surface area (Å²) in [5.74, 6) is -2.18. The number of carbonyl (C=O) groups is 2. The first kappa shape index (κ1) is 16.9. The molecule has 1 unspecified atom stereocenters. The average Bonchev–Trinajstić information content (AvgIpc) is 2.13. The summed E-state index contributed by atoms with van der Waals surface area (Å²) in [6.07, 6.45) is -0.276. The number of rotatable bonds is 5. The Kier molecular flexibility index (Phi) is 5.79. The first-order chi connectivity index (χ1) is 7.98. The number of carbonyl (C=O) groups excluding carboxylic acids is 2. The Hall–Kier alpha value is -1.11. The molecule has 0 N–H and O–H groups in total. The minimum Gasteiger partial charge on any atom is -0.469 e. The molecule has 0 spiro atoms. The van der Waals surface area contributed by atoms with E-state index >= 15 is 0 Å². The number of hydrogen-bond donors (Lipinski definition) is 0. The molecule has 0 bridgehead atoms. The van der Waals surface area contributed by atoms with E-state index in [2.05, 4.69) is 4.74 Å². The highest BCUT2D eigenvalue weighted by atomic mass is 32.2. The smallest absolute Gasteiger partial charge is 0.321 e. The van der Waals surface area contributed by atoms with E-state index < -0.39 is 38.4 Å². The van der Waals surface area contributed by atoms with Gasteiger partial charge in [-0.2, -0.15) is 0 Å². The molecule has 0 heterocycles. The molecule has 0 aliphatic carbocycles. The normalized spacial score (nSPS) is 13.8. The molecule has 0 rings (SSSR count). The van der Waals surface area contributed by atoms with Crippen molar-refractivity contribution >= 4 is 21.8 Å². The second-order valence-corrected chi connectivity index (χ2v) is 7.40. The highest BCUT2D eigenvalue weighted by Gasteiger charge is 2.29. The Labute approximate surface area is 108 Å². The second kappa shape index (κ2) is 6.17. The summed E-state index contributed by atoms with van der Waals surface area (Å²) in [5.41, 5.74) is -0.738. The fraction of sp³-hybridized carbons (Fsp3) is 0.818. The Morgan fingerprint density at radius 2 is 1.67 bits per heavy atom. The zero-order chi connectivity index (χ0) is 14.6. The minimum absolute atomic E-state index is 0.276. The van der Waals surface area contributed by atoms with Crippen LogP contribution in [0.5, 0.6) is 0 Å². The van der Waals surface area contributed by atoms with E-state index in [1.165, 1.54) is 14.0 Å². The molecule has 1 atom stereocenters. The van der Waals surface area contributed by atoms with Crippen molar-refractivity contribution in [3.63, 3.8) is 0 Å². The van der Waals surface area contributed by atoms with Crippen LogP contribution in [0.4, 0.5) is 0 Å². The summed E-state index contributed by atoms with van der Waals surface area (Å²) in [7, 11) is -2.54. The van der Waals surface area contributed by atoms with Gasteiger partial charge < -0.3 is 9.47 Å². The first-order valence-corrected chi connectivity index (χ1v) is 7.19. The molecule has 6 nitrogen and oxygen atoms in total. The maximum atomic E-state index is 11.8. The third-order valence-electron chi connectivity index (χ3n) is 2.03. The van der Waals surface area contributed by atoms with Gasteiger partial charge in [0, 0.05) is 0 Å². The van der Waals surface area contributed by atoms with Gasteiger partial charge in [0.2, 0.25) is 0 Å². The molecular formula is C11H20O6S. The highest BCUT2D eigenvalue weighted by Crippen LogP contribution is 2.12. The number of sulfone groups is 1. The molecule has 0 aliphatic heterocycles. The number of ether oxygens (including phenoxy) is 2. The lowest BCUT2D eigenvalue weighted by Crippen LogP contribution is -2.33. The minimum atomic E-state index is -3.71. The van der Waals surface area contributed by atoms with Gasteiger partial charge in [-0.15, -0.1) is 0 Å². The molecule has 0 amide bonds. The molecular weight excluding hydrogens is 260 g/mol. The lowest BCUT2D eigenvalue weighted by Gasteiger charge is -2.20. The quantitative estimate of drug-likeness (QED) is 0.689. The van der Waals surface area contributed by atoms with Crippen LogP contribution in [0, 0.1) is 0 Å². The lowest BCUT2D eigenvalue weighted by molar-refractivity contribution is -0.151. The van der Waals surface area contributed by atoms with Crippen LogP contribution in [0.3, 0.4) is 0 Å². The Morgan fingerprint density at radius 3 is 2.06 bits per heavy atom. The Balaban J connectivity index is 4.57. The molecule has 0 radical (unpaired) electrons. The number of methoxy groups -OCH3 is 1. The van der Waals surface area contributed by atoms with Crippen molar-refractivity contribution < 1.29 is 27.5 Å². The van der Waals surface area contributed by atoms with Crippen LogP contribution in [0.2, 0.25) is 0 Å². The van der Waals surface area contributed by atoms with Crippen LogP contribution in [0.1, 0.15) is 34.1 Å². The van der Waals surface area contributed by atoms with Gasteiger partial charge in [-0.3, -0.25) is 9.59 Å². The SMILES string of the molecule is COC(=O)CC(C)S(=O)(=O)CC(=O)OC(C)(C)C. The van der Waals surface area contributed by atoms with Crippen molar-refractivity contribution in [2.75, 3.05) is 12.9 Å². The Morgan fingerprint density at radius 1 is 1.17 bits per heavy atom. The molecule has 0 aliphatic rings. The predicted octanol–water partition coefficient (Wildman–Crippen LogP) is 0.694. The summed E-state index contributed by atoms with van der Waals surface area (Å²) >= 11 is 0. The molecule has 0 aromatic heterocycles. The molecule has 0 saturated carbocycles.